The molecule has 1 heterocycles. The monoisotopic (exact) mass is 481 g/mol. The average Bonchev–Trinajstić information content (AvgIpc) is 3.01. The number of benzene rings is 2. The summed E-state index contributed by atoms with van der Waals surface area (Å²) >= 11 is 7.30. The van der Waals surface area contributed by atoms with Crippen LogP contribution < -0.4 is 14.5 Å². The van der Waals surface area contributed by atoms with Crippen molar-refractivity contribution in [3.8, 4) is 0 Å². The second-order valence-electron chi connectivity index (χ2n) is 7.20. The lowest BCUT2D eigenvalue weighted by Gasteiger charge is -2.30. The molecule has 0 aliphatic carbocycles. The lowest BCUT2D eigenvalue weighted by atomic mass is 10.1. The molecule has 3 rings (SSSR count). The van der Waals surface area contributed by atoms with Gasteiger partial charge in [-0.25, -0.2) is 8.42 Å². The van der Waals surface area contributed by atoms with Crippen molar-refractivity contribution in [1.29, 1.82) is 0 Å². The Morgan fingerprint density at radius 2 is 1.94 bits per heavy atom. The molecule has 0 radical (unpaired) electrons. The zero-order valence-corrected chi connectivity index (χ0v) is 20.1. The highest BCUT2D eigenvalue weighted by atomic mass is 35.5. The summed E-state index contributed by atoms with van der Waals surface area (Å²) in [7, 11) is -3.77. The van der Waals surface area contributed by atoms with Crippen molar-refractivity contribution in [2.75, 3.05) is 15.9 Å². The molecule has 1 aromatic heterocycles. The van der Waals surface area contributed by atoms with E-state index in [1.165, 1.54) is 0 Å². The summed E-state index contributed by atoms with van der Waals surface area (Å²) in [6.45, 7) is 6.02. The summed E-state index contributed by atoms with van der Waals surface area (Å²) in [4.78, 5) is 25.1. The van der Waals surface area contributed by atoms with Gasteiger partial charge in [0.05, 0.1) is 22.2 Å². The van der Waals surface area contributed by atoms with Crippen molar-refractivity contribution in [2.24, 2.45) is 0 Å². The number of aryl methyl sites for hydroxylation is 2. The van der Waals surface area contributed by atoms with Gasteiger partial charge in [0.15, 0.2) is 0 Å². The molecule has 10 heteroatoms. The zero-order chi connectivity index (χ0) is 22.9. The molecular weight excluding hydrogens is 458 g/mol. The minimum absolute atomic E-state index is 0.0630. The fourth-order valence-electron chi connectivity index (χ4n) is 3.45. The fourth-order valence-corrected chi connectivity index (χ4v) is 5.82. The number of hydrogen-bond donors (Lipinski definition) is 1. The number of nitrogens with one attached hydrogen (secondary N) is 1. The summed E-state index contributed by atoms with van der Waals surface area (Å²) in [5.74, 6) is -0.466. The van der Waals surface area contributed by atoms with E-state index in [0.29, 0.717) is 22.9 Å². The molecule has 0 bridgehead atoms. The van der Waals surface area contributed by atoms with E-state index in [2.05, 4.69) is 5.32 Å². The number of fused-ring (bicyclic) bond motifs is 1. The third-order valence-corrected chi connectivity index (χ3v) is 7.52. The molecule has 31 heavy (non-hydrogen) atoms. The fraction of sp³-hybridized carbons (Fsp3) is 0.333. The lowest BCUT2D eigenvalue weighted by molar-refractivity contribution is -0.117. The number of thiazole rings is 1. The smallest absolute Gasteiger partial charge is 0.308 e. The Bertz CT molecular complexity index is 1300. The summed E-state index contributed by atoms with van der Waals surface area (Å²) in [6, 6.07) is 9.14. The number of carbonyl (C=O) groups is 1. The van der Waals surface area contributed by atoms with Crippen LogP contribution in [0.1, 0.15) is 25.8 Å². The molecule has 2 aromatic carbocycles. The number of halogens is 1. The minimum Gasteiger partial charge on any atom is -0.324 e. The van der Waals surface area contributed by atoms with Crippen molar-refractivity contribution in [1.82, 2.24) is 4.57 Å². The SMILES string of the molecule is CC[C@@H](C(=O)Nc1ccc2c(c1)sc(=O)n2CC)N(c1ccc(C)c(Cl)c1)S(C)(=O)=O. The van der Waals surface area contributed by atoms with Gasteiger partial charge in [0.25, 0.3) is 0 Å². The Hall–Kier alpha value is -2.36. The van der Waals surface area contributed by atoms with Gasteiger partial charge in [-0.2, -0.15) is 0 Å². The van der Waals surface area contributed by atoms with Gasteiger partial charge in [0.2, 0.25) is 15.9 Å². The molecule has 0 aliphatic heterocycles. The normalized spacial score (nSPS) is 12.7. The second kappa shape index (κ2) is 9.02. The zero-order valence-electron chi connectivity index (χ0n) is 17.7. The number of anilines is 2. The molecule has 7 nitrogen and oxygen atoms in total. The predicted molar refractivity (Wildman–Crippen MR) is 128 cm³/mol. The largest absolute Gasteiger partial charge is 0.324 e. The topological polar surface area (TPSA) is 88.5 Å². The van der Waals surface area contributed by atoms with Crippen LogP contribution in [0.3, 0.4) is 0 Å². The van der Waals surface area contributed by atoms with E-state index >= 15 is 0 Å². The van der Waals surface area contributed by atoms with E-state index in [0.717, 1.165) is 37.7 Å². The third-order valence-electron chi connectivity index (χ3n) is 4.99. The molecule has 1 atom stereocenters. The Morgan fingerprint density at radius 1 is 1.23 bits per heavy atom. The third kappa shape index (κ3) is 4.78. The van der Waals surface area contributed by atoms with Crippen LogP contribution in [0.25, 0.3) is 10.2 Å². The van der Waals surface area contributed by atoms with Crippen LogP contribution in [0.2, 0.25) is 5.02 Å². The van der Waals surface area contributed by atoms with Gasteiger partial charge in [-0.05, 0) is 56.2 Å². The van der Waals surface area contributed by atoms with E-state index in [1.807, 2.05) is 13.8 Å². The van der Waals surface area contributed by atoms with Crippen LogP contribution in [-0.2, 0) is 21.4 Å². The van der Waals surface area contributed by atoms with Gasteiger partial charge in [0, 0.05) is 17.3 Å². The van der Waals surface area contributed by atoms with Gasteiger partial charge >= 0.3 is 4.87 Å². The maximum atomic E-state index is 13.1. The molecule has 0 spiro atoms. The molecule has 0 fully saturated rings. The molecule has 166 valence electrons. The Labute approximate surface area is 190 Å². The van der Waals surface area contributed by atoms with Crippen LogP contribution >= 0.6 is 22.9 Å². The standard InChI is InChI=1S/C21H24ClN3O4S2/c1-5-17(25(31(4,28)29)15-9-7-13(3)16(22)12-15)20(26)23-14-8-10-18-19(11-14)30-21(27)24(18)6-2/h7-12,17H,5-6H2,1-4H3,(H,23,26)/t17-/m0/s1. The van der Waals surface area contributed by atoms with Crippen molar-refractivity contribution in [3.05, 3.63) is 56.7 Å². The second-order valence-corrected chi connectivity index (χ2v) is 10.5. The van der Waals surface area contributed by atoms with Gasteiger partial charge in [-0.3, -0.25) is 18.5 Å². The molecule has 0 saturated heterocycles. The Morgan fingerprint density at radius 3 is 2.52 bits per heavy atom. The highest BCUT2D eigenvalue weighted by molar-refractivity contribution is 7.92. The number of amides is 1. The van der Waals surface area contributed by atoms with Crippen molar-refractivity contribution in [2.45, 2.75) is 39.8 Å². The molecule has 0 saturated carbocycles. The van der Waals surface area contributed by atoms with E-state index in [9.17, 15) is 18.0 Å². The number of sulfonamides is 1. The number of carbonyl (C=O) groups excluding carboxylic acids is 1. The number of hydrogen-bond acceptors (Lipinski definition) is 5. The summed E-state index contributed by atoms with van der Waals surface area (Å²) in [6.07, 6.45) is 1.32. The van der Waals surface area contributed by atoms with E-state index in [-0.39, 0.29) is 11.3 Å². The van der Waals surface area contributed by atoms with Crippen molar-refractivity contribution < 1.29 is 13.2 Å². The van der Waals surface area contributed by atoms with E-state index < -0.39 is 22.0 Å². The molecule has 1 amide bonds. The van der Waals surface area contributed by atoms with Crippen LogP contribution in [0.4, 0.5) is 11.4 Å². The highest BCUT2D eigenvalue weighted by Crippen LogP contribution is 2.28. The van der Waals surface area contributed by atoms with Gasteiger partial charge in [-0.1, -0.05) is 35.9 Å². The first-order chi connectivity index (χ1) is 14.6. The summed E-state index contributed by atoms with van der Waals surface area (Å²) in [5, 5.41) is 3.22. The Balaban J connectivity index is 1.95. The van der Waals surface area contributed by atoms with Gasteiger partial charge in [-0.15, -0.1) is 0 Å². The van der Waals surface area contributed by atoms with Crippen LogP contribution in [0.5, 0.6) is 0 Å². The molecule has 0 unspecified atom stereocenters. The Kier molecular flexibility index (Phi) is 6.78. The van der Waals surface area contributed by atoms with Crippen LogP contribution in [-0.4, -0.2) is 31.2 Å². The predicted octanol–water partition coefficient (Wildman–Crippen LogP) is 4.23. The first kappa shape index (κ1) is 23.3. The van der Waals surface area contributed by atoms with Crippen molar-refractivity contribution in [3.63, 3.8) is 0 Å². The maximum absolute atomic E-state index is 13.1. The maximum Gasteiger partial charge on any atom is 0.308 e. The minimum atomic E-state index is -3.77. The first-order valence-corrected chi connectivity index (χ1v) is 12.8. The molecular formula is C21H24ClN3O4S2. The first-order valence-electron chi connectivity index (χ1n) is 9.76. The molecule has 3 aromatic rings. The number of nitrogens with zero attached hydrogens (tertiary/aromatic N) is 2. The van der Waals surface area contributed by atoms with Crippen LogP contribution in [0, 0.1) is 6.92 Å². The summed E-state index contributed by atoms with van der Waals surface area (Å²) < 4.78 is 28.7. The molecule has 0 aliphatic rings. The van der Waals surface area contributed by atoms with Crippen molar-refractivity contribution >= 4 is 60.5 Å². The number of aromatic nitrogens is 1. The summed E-state index contributed by atoms with van der Waals surface area (Å²) in [5.41, 5.74) is 2.43. The molecule has 1 N–H and O–H groups in total. The quantitative estimate of drug-likeness (QED) is 0.547. The van der Waals surface area contributed by atoms with E-state index in [4.69, 9.17) is 11.6 Å². The van der Waals surface area contributed by atoms with E-state index in [1.54, 1.807) is 47.9 Å². The average molecular weight is 482 g/mol. The highest BCUT2D eigenvalue weighted by Gasteiger charge is 2.32. The lowest BCUT2D eigenvalue weighted by Crippen LogP contribution is -2.47. The van der Waals surface area contributed by atoms with Gasteiger partial charge < -0.3 is 5.32 Å². The van der Waals surface area contributed by atoms with Gasteiger partial charge in [0.1, 0.15) is 6.04 Å². The van der Waals surface area contributed by atoms with Crippen LogP contribution in [0.15, 0.2) is 41.2 Å². The number of rotatable bonds is 7.